The fourth-order valence-electron chi connectivity index (χ4n) is 2.13. The van der Waals surface area contributed by atoms with Crippen LogP contribution in [0.4, 0.5) is 0 Å². The van der Waals surface area contributed by atoms with Crippen LogP contribution >= 0.6 is 0 Å². The van der Waals surface area contributed by atoms with Crippen LogP contribution in [-0.4, -0.2) is 12.7 Å². The Bertz CT molecular complexity index is 153. The van der Waals surface area contributed by atoms with E-state index >= 15 is 0 Å². The maximum atomic E-state index is 5.41. The van der Waals surface area contributed by atoms with Crippen LogP contribution in [-0.2, 0) is 4.74 Å². The molecule has 1 rings (SSSR count). The van der Waals surface area contributed by atoms with Crippen molar-refractivity contribution in [2.24, 2.45) is 10.8 Å². The molecule has 0 aromatic carbocycles. The van der Waals surface area contributed by atoms with E-state index in [0.717, 1.165) is 6.61 Å². The van der Waals surface area contributed by atoms with Crippen molar-refractivity contribution in [1.29, 1.82) is 0 Å². The van der Waals surface area contributed by atoms with Gasteiger partial charge in [0.2, 0.25) is 0 Å². The zero-order valence-electron chi connectivity index (χ0n) is 9.11. The van der Waals surface area contributed by atoms with E-state index in [2.05, 4.69) is 34.6 Å². The molecule has 12 heavy (non-hydrogen) atoms. The van der Waals surface area contributed by atoms with Crippen LogP contribution in [0.25, 0.3) is 0 Å². The second-order valence-electron chi connectivity index (χ2n) is 5.57. The number of ether oxygens (including phenoxy) is 1. The average Bonchev–Trinajstić information content (AvgIpc) is 2.64. The van der Waals surface area contributed by atoms with Crippen molar-refractivity contribution >= 4 is 0 Å². The highest BCUT2D eigenvalue weighted by atomic mass is 16.6. The molecule has 0 spiro atoms. The first-order chi connectivity index (χ1) is 5.37. The van der Waals surface area contributed by atoms with Crippen molar-refractivity contribution in [1.82, 2.24) is 0 Å². The molecular weight excluding hydrogens is 148 g/mol. The van der Waals surface area contributed by atoms with Crippen molar-refractivity contribution in [3.63, 3.8) is 0 Å². The lowest BCUT2D eigenvalue weighted by Crippen LogP contribution is -2.28. The third-order valence-electron chi connectivity index (χ3n) is 2.85. The van der Waals surface area contributed by atoms with Crippen LogP contribution in [0.5, 0.6) is 0 Å². The molecule has 1 saturated heterocycles. The van der Waals surface area contributed by atoms with Crippen LogP contribution in [0.2, 0.25) is 0 Å². The van der Waals surface area contributed by atoms with E-state index in [0.29, 0.717) is 16.9 Å². The summed E-state index contributed by atoms with van der Waals surface area (Å²) >= 11 is 0. The third-order valence-corrected chi connectivity index (χ3v) is 2.85. The Labute approximate surface area is 76.5 Å². The highest BCUT2D eigenvalue weighted by Crippen LogP contribution is 2.44. The summed E-state index contributed by atoms with van der Waals surface area (Å²) in [6.45, 7) is 12.5. The Morgan fingerprint density at radius 1 is 1.25 bits per heavy atom. The van der Waals surface area contributed by atoms with E-state index in [1.165, 1.54) is 12.8 Å². The highest BCUT2D eigenvalue weighted by Gasteiger charge is 2.43. The normalized spacial score (nSPS) is 28.2. The fourth-order valence-corrected chi connectivity index (χ4v) is 2.13. The molecule has 0 aromatic heterocycles. The lowest BCUT2D eigenvalue weighted by Gasteiger charge is -2.33. The summed E-state index contributed by atoms with van der Waals surface area (Å²) in [6, 6.07) is 0. The predicted molar refractivity (Wildman–Crippen MR) is 52.2 cm³/mol. The summed E-state index contributed by atoms with van der Waals surface area (Å²) in [5.74, 6) is 0. The number of hydrogen-bond donors (Lipinski definition) is 0. The van der Waals surface area contributed by atoms with Crippen molar-refractivity contribution in [2.75, 3.05) is 6.61 Å². The molecule has 2 unspecified atom stereocenters. The second-order valence-corrected chi connectivity index (χ2v) is 5.57. The van der Waals surface area contributed by atoms with E-state index in [1.54, 1.807) is 0 Å². The molecule has 0 amide bonds. The number of hydrogen-bond acceptors (Lipinski definition) is 1. The standard InChI is InChI=1S/C11H22O/c1-6-11(5,9-7-12-9)8-10(2,3)4/h9H,6-8H2,1-5H3. The topological polar surface area (TPSA) is 12.5 Å². The van der Waals surface area contributed by atoms with Gasteiger partial charge >= 0.3 is 0 Å². The Morgan fingerprint density at radius 2 is 1.75 bits per heavy atom. The summed E-state index contributed by atoms with van der Waals surface area (Å²) in [5, 5.41) is 0. The Morgan fingerprint density at radius 3 is 2.00 bits per heavy atom. The Kier molecular flexibility index (Phi) is 2.53. The molecule has 1 aliphatic rings. The van der Waals surface area contributed by atoms with Gasteiger partial charge in [0.25, 0.3) is 0 Å². The summed E-state index contributed by atoms with van der Waals surface area (Å²) < 4.78 is 5.41. The van der Waals surface area contributed by atoms with Gasteiger partial charge in [-0.1, -0.05) is 34.6 Å². The molecule has 2 atom stereocenters. The first-order valence-electron chi connectivity index (χ1n) is 4.99. The first-order valence-corrected chi connectivity index (χ1v) is 4.99. The third kappa shape index (κ3) is 2.48. The van der Waals surface area contributed by atoms with Crippen molar-refractivity contribution < 1.29 is 4.74 Å². The van der Waals surface area contributed by atoms with Gasteiger partial charge in [0.05, 0.1) is 12.7 Å². The SMILES string of the molecule is CCC(C)(CC(C)(C)C)C1CO1. The lowest BCUT2D eigenvalue weighted by atomic mass is 9.71. The van der Waals surface area contributed by atoms with E-state index in [4.69, 9.17) is 4.74 Å². The fraction of sp³-hybridized carbons (Fsp3) is 1.00. The van der Waals surface area contributed by atoms with Gasteiger partial charge in [0, 0.05) is 0 Å². The van der Waals surface area contributed by atoms with Gasteiger partial charge in [-0.15, -0.1) is 0 Å². The van der Waals surface area contributed by atoms with Gasteiger partial charge in [-0.25, -0.2) is 0 Å². The van der Waals surface area contributed by atoms with Gasteiger partial charge in [0.15, 0.2) is 0 Å². The van der Waals surface area contributed by atoms with Gasteiger partial charge in [0.1, 0.15) is 0 Å². The molecule has 1 aliphatic heterocycles. The van der Waals surface area contributed by atoms with Crippen LogP contribution in [0.1, 0.15) is 47.5 Å². The largest absolute Gasteiger partial charge is 0.373 e. The summed E-state index contributed by atoms with van der Waals surface area (Å²) in [7, 11) is 0. The van der Waals surface area contributed by atoms with Crippen molar-refractivity contribution in [3.8, 4) is 0 Å². The highest BCUT2D eigenvalue weighted by molar-refractivity contribution is 4.91. The minimum Gasteiger partial charge on any atom is -0.373 e. The molecule has 1 heteroatoms. The predicted octanol–water partition coefficient (Wildman–Crippen LogP) is 3.24. The quantitative estimate of drug-likeness (QED) is 0.592. The van der Waals surface area contributed by atoms with E-state index in [-0.39, 0.29) is 0 Å². The van der Waals surface area contributed by atoms with E-state index < -0.39 is 0 Å². The van der Waals surface area contributed by atoms with Crippen LogP contribution in [0.3, 0.4) is 0 Å². The van der Waals surface area contributed by atoms with Crippen LogP contribution < -0.4 is 0 Å². The summed E-state index contributed by atoms with van der Waals surface area (Å²) in [5.41, 5.74) is 0.842. The minimum atomic E-state index is 0.415. The second kappa shape index (κ2) is 3.02. The summed E-state index contributed by atoms with van der Waals surface area (Å²) in [4.78, 5) is 0. The number of epoxide rings is 1. The number of rotatable bonds is 3. The maximum Gasteiger partial charge on any atom is 0.0863 e. The lowest BCUT2D eigenvalue weighted by molar-refractivity contribution is 0.136. The van der Waals surface area contributed by atoms with Gasteiger partial charge in [-0.3, -0.25) is 0 Å². The molecule has 0 N–H and O–H groups in total. The van der Waals surface area contributed by atoms with E-state index in [9.17, 15) is 0 Å². The van der Waals surface area contributed by atoms with Crippen LogP contribution in [0, 0.1) is 10.8 Å². The molecule has 0 saturated carbocycles. The smallest absolute Gasteiger partial charge is 0.0863 e. The monoisotopic (exact) mass is 170 g/mol. The van der Waals surface area contributed by atoms with Gasteiger partial charge in [-0.05, 0) is 23.7 Å². The van der Waals surface area contributed by atoms with Crippen molar-refractivity contribution in [3.05, 3.63) is 0 Å². The van der Waals surface area contributed by atoms with Crippen LogP contribution in [0.15, 0.2) is 0 Å². The Balaban J connectivity index is 2.54. The minimum absolute atomic E-state index is 0.415. The molecule has 0 aliphatic carbocycles. The first kappa shape index (κ1) is 10.0. The molecule has 1 heterocycles. The molecule has 0 aromatic rings. The molecule has 0 bridgehead atoms. The van der Waals surface area contributed by atoms with Gasteiger partial charge in [-0.2, -0.15) is 0 Å². The van der Waals surface area contributed by atoms with Gasteiger partial charge < -0.3 is 4.74 Å². The average molecular weight is 170 g/mol. The molecule has 0 radical (unpaired) electrons. The van der Waals surface area contributed by atoms with E-state index in [1.807, 2.05) is 0 Å². The zero-order valence-corrected chi connectivity index (χ0v) is 9.11. The molecule has 72 valence electrons. The molecule has 1 nitrogen and oxygen atoms in total. The summed E-state index contributed by atoms with van der Waals surface area (Å²) in [6.07, 6.45) is 3.04. The Hall–Kier alpha value is -0.0400. The molecular formula is C11H22O. The molecule has 1 fully saturated rings. The van der Waals surface area contributed by atoms with Crippen molar-refractivity contribution in [2.45, 2.75) is 53.6 Å². The maximum absolute atomic E-state index is 5.41. The zero-order chi connectivity index (χ0) is 9.41.